The minimum absolute atomic E-state index is 0.120. The summed E-state index contributed by atoms with van der Waals surface area (Å²) in [5, 5.41) is 3.73. The zero-order valence-electron chi connectivity index (χ0n) is 15.1. The summed E-state index contributed by atoms with van der Waals surface area (Å²) < 4.78 is 26.9. The van der Waals surface area contributed by atoms with Crippen molar-refractivity contribution in [1.29, 1.82) is 0 Å². The summed E-state index contributed by atoms with van der Waals surface area (Å²) in [6.45, 7) is 3.54. The number of rotatable bonds is 7. The van der Waals surface area contributed by atoms with Crippen molar-refractivity contribution in [2.75, 3.05) is 49.4 Å². The number of ether oxygens (including phenoxy) is 1. The van der Waals surface area contributed by atoms with Crippen LogP contribution in [0.3, 0.4) is 0 Å². The molecule has 1 saturated heterocycles. The zero-order valence-corrected chi connectivity index (χ0v) is 16.7. The predicted octanol–water partition coefficient (Wildman–Crippen LogP) is 2.05. The second-order valence-corrected chi connectivity index (χ2v) is 7.65. The molecule has 7 nitrogen and oxygen atoms in total. The van der Waals surface area contributed by atoms with Gasteiger partial charge in [-0.3, -0.25) is 4.90 Å². The molecule has 0 unspecified atom stereocenters. The van der Waals surface area contributed by atoms with Crippen LogP contribution in [-0.2, 0) is 17.2 Å². The van der Waals surface area contributed by atoms with E-state index in [4.69, 9.17) is 16.3 Å². The highest BCUT2D eigenvalue weighted by molar-refractivity contribution is 7.72. The van der Waals surface area contributed by atoms with Crippen LogP contribution >= 0.6 is 11.6 Å². The molecular formula is C18H23ClN4O3S. The number of hydrogen-bond acceptors (Lipinski definition) is 7. The van der Waals surface area contributed by atoms with Crippen LogP contribution in [0.2, 0.25) is 5.15 Å². The van der Waals surface area contributed by atoms with Gasteiger partial charge in [0.25, 0.3) is 0 Å². The molecule has 0 saturated carbocycles. The van der Waals surface area contributed by atoms with E-state index >= 15 is 0 Å². The van der Waals surface area contributed by atoms with Crippen molar-refractivity contribution in [3.8, 4) is 5.75 Å². The van der Waals surface area contributed by atoms with Gasteiger partial charge in [-0.1, -0.05) is 23.7 Å². The van der Waals surface area contributed by atoms with Crippen molar-refractivity contribution in [3.05, 3.63) is 47.1 Å². The molecule has 0 spiro atoms. The number of aromatic nitrogens is 1. The molecular weight excluding hydrogens is 388 g/mol. The van der Waals surface area contributed by atoms with Crippen molar-refractivity contribution in [2.24, 2.45) is 0 Å². The Hall–Kier alpha value is -2.03. The number of benzene rings is 1. The first-order valence-electron chi connectivity index (χ1n) is 8.67. The van der Waals surface area contributed by atoms with E-state index in [1.807, 2.05) is 41.3 Å². The first-order valence-corrected chi connectivity index (χ1v) is 10.4. The molecule has 3 rings (SSSR count). The maximum atomic E-state index is 10.9. The van der Waals surface area contributed by atoms with Gasteiger partial charge in [0, 0.05) is 44.5 Å². The lowest BCUT2D eigenvalue weighted by Gasteiger charge is -2.35. The molecule has 1 aromatic carbocycles. The van der Waals surface area contributed by atoms with E-state index in [-0.39, 0.29) is 5.88 Å². The molecule has 1 aromatic heterocycles. The van der Waals surface area contributed by atoms with E-state index in [1.54, 1.807) is 7.11 Å². The summed E-state index contributed by atoms with van der Waals surface area (Å²) in [4.78, 5) is 8.48. The molecule has 2 heterocycles. The number of anilines is 2. The average molecular weight is 411 g/mol. The molecule has 1 N–H and O–H groups in total. The lowest BCUT2D eigenvalue weighted by Crippen LogP contribution is -2.46. The summed E-state index contributed by atoms with van der Waals surface area (Å²) in [5.74, 6) is 1.65. The maximum Gasteiger partial charge on any atom is 0.153 e. The summed E-state index contributed by atoms with van der Waals surface area (Å²) in [6.07, 6.45) is 0. The third kappa shape index (κ3) is 5.72. The summed E-state index contributed by atoms with van der Waals surface area (Å²) in [6, 6.07) is 11.6. The van der Waals surface area contributed by atoms with Crippen LogP contribution < -0.4 is 15.0 Å². The average Bonchev–Trinajstić information content (AvgIpc) is 2.66. The Balaban J connectivity index is 1.62. The number of thiol groups is 1. The fourth-order valence-electron chi connectivity index (χ4n) is 3.00. The Labute approximate surface area is 165 Å². The number of halogens is 1. The Morgan fingerprint density at radius 1 is 1.15 bits per heavy atom. The Kier molecular flexibility index (Phi) is 6.76. The third-order valence-electron chi connectivity index (χ3n) is 4.46. The quantitative estimate of drug-likeness (QED) is 0.534. The second-order valence-electron chi connectivity index (χ2n) is 6.31. The van der Waals surface area contributed by atoms with E-state index in [9.17, 15) is 8.42 Å². The molecule has 1 aliphatic rings. The van der Waals surface area contributed by atoms with Crippen molar-refractivity contribution >= 4 is 33.8 Å². The van der Waals surface area contributed by atoms with E-state index in [0.29, 0.717) is 30.6 Å². The van der Waals surface area contributed by atoms with Crippen LogP contribution in [0.15, 0.2) is 36.4 Å². The van der Waals surface area contributed by atoms with Gasteiger partial charge >= 0.3 is 0 Å². The molecule has 0 bridgehead atoms. The van der Waals surface area contributed by atoms with Gasteiger partial charge in [0.2, 0.25) is 0 Å². The summed E-state index contributed by atoms with van der Waals surface area (Å²) in [5.41, 5.74) is 2.10. The van der Waals surface area contributed by atoms with Gasteiger partial charge in [-0.25, -0.2) is 13.4 Å². The van der Waals surface area contributed by atoms with Crippen LogP contribution in [0.5, 0.6) is 5.75 Å². The van der Waals surface area contributed by atoms with Gasteiger partial charge in [0.1, 0.15) is 16.7 Å². The second kappa shape index (κ2) is 9.25. The minimum atomic E-state index is -2.37. The van der Waals surface area contributed by atoms with E-state index in [1.165, 1.54) is 0 Å². The molecule has 2 aromatic rings. The Morgan fingerprint density at radius 3 is 2.48 bits per heavy atom. The van der Waals surface area contributed by atoms with E-state index in [2.05, 4.69) is 15.2 Å². The molecule has 0 aliphatic carbocycles. The van der Waals surface area contributed by atoms with Gasteiger partial charge in [-0.2, -0.15) is 0 Å². The van der Waals surface area contributed by atoms with Gasteiger partial charge < -0.3 is 15.0 Å². The highest BCUT2D eigenvalue weighted by atomic mass is 35.5. The van der Waals surface area contributed by atoms with Crippen LogP contribution in [-0.4, -0.2) is 57.5 Å². The van der Waals surface area contributed by atoms with Crippen LogP contribution in [0.4, 0.5) is 11.5 Å². The largest absolute Gasteiger partial charge is 0.497 e. The van der Waals surface area contributed by atoms with Crippen LogP contribution in [0.25, 0.3) is 0 Å². The van der Waals surface area contributed by atoms with Crippen molar-refractivity contribution in [1.82, 2.24) is 9.88 Å². The molecule has 27 heavy (non-hydrogen) atoms. The van der Waals surface area contributed by atoms with Gasteiger partial charge in [-0.05, 0) is 23.8 Å². The fourth-order valence-corrected chi connectivity index (χ4v) is 3.82. The number of nitrogens with one attached hydrogen (secondary N) is 1. The Bertz CT molecular complexity index is 829. The van der Waals surface area contributed by atoms with Crippen LogP contribution in [0.1, 0.15) is 5.56 Å². The molecule has 0 amide bonds. The number of methoxy groups -OCH3 is 1. The van der Waals surface area contributed by atoms with Crippen LogP contribution in [0, 0.1) is 0 Å². The number of nitrogens with zero attached hydrogens (tertiary/aromatic N) is 3. The first kappa shape index (κ1) is 19.7. The number of pyridine rings is 1. The number of piperazine rings is 1. The first-order chi connectivity index (χ1) is 13.0. The molecule has 0 atom stereocenters. The molecule has 146 valence electrons. The van der Waals surface area contributed by atoms with Gasteiger partial charge in [0.05, 0.1) is 13.0 Å². The lowest BCUT2D eigenvalue weighted by molar-refractivity contribution is 0.296. The monoisotopic (exact) mass is 410 g/mol. The highest BCUT2D eigenvalue weighted by Crippen LogP contribution is 2.24. The zero-order chi connectivity index (χ0) is 19.2. The fraction of sp³-hybridized carbons (Fsp3) is 0.389. The van der Waals surface area contributed by atoms with E-state index < -0.39 is 10.7 Å². The van der Waals surface area contributed by atoms with Crippen molar-refractivity contribution in [2.45, 2.75) is 6.54 Å². The maximum absolute atomic E-state index is 10.9. The predicted molar refractivity (Wildman–Crippen MR) is 109 cm³/mol. The number of hydrogen-bond donors (Lipinski definition) is 2. The van der Waals surface area contributed by atoms with Gasteiger partial charge in [-0.15, -0.1) is 0 Å². The summed E-state index contributed by atoms with van der Waals surface area (Å²) in [7, 11) is -0.730. The van der Waals surface area contributed by atoms with Gasteiger partial charge in [0.15, 0.2) is 10.7 Å². The van der Waals surface area contributed by atoms with Crippen molar-refractivity contribution in [3.63, 3.8) is 0 Å². The smallest absolute Gasteiger partial charge is 0.153 e. The third-order valence-corrected chi connectivity index (χ3v) is 5.29. The highest BCUT2D eigenvalue weighted by Gasteiger charge is 2.18. The molecule has 1 fully saturated rings. The normalized spacial score (nSPS) is 15.1. The molecule has 9 heteroatoms. The SMILES string of the molecule is COc1ccc(CNc2cc(N3CCN(C[SH](=O)=O)CC3)cc(Cl)n2)cc1. The Morgan fingerprint density at radius 2 is 1.85 bits per heavy atom. The minimum Gasteiger partial charge on any atom is -0.497 e. The summed E-state index contributed by atoms with van der Waals surface area (Å²) >= 11 is 6.20. The van der Waals surface area contributed by atoms with E-state index in [0.717, 1.165) is 30.1 Å². The molecule has 1 aliphatic heterocycles. The molecule has 0 radical (unpaired) electrons. The topological polar surface area (TPSA) is 74.8 Å². The van der Waals surface area contributed by atoms with Crippen molar-refractivity contribution < 1.29 is 13.2 Å². The lowest BCUT2D eigenvalue weighted by atomic mass is 10.2. The standard InChI is InChI=1S/C18H23ClN4O3S/c1-26-16-4-2-14(3-5-16)12-20-18-11-15(10-17(19)21-18)23-8-6-22(7-9-23)13-27(24)25/h2-5,10-11,27H,6-9,12-13H2,1H3,(H,20,21).